The normalized spacial score (nSPS) is 12.0. The molecule has 0 aliphatic carbocycles. The molecule has 1 rings (SSSR count). The van der Waals surface area contributed by atoms with Gasteiger partial charge in [-0.05, 0) is 6.07 Å². The highest BCUT2D eigenvalue weighted by Gasteiger charge is 2.26. The molecule has 1 heterocycles. The van der Waals surface area contributed by atoms with Gasteiger partial charge in [-0.1, -0.05) is 6.07 Å². The molecule has 0 aromatic carbocycles. The summed E-state index contributed by atoms with van der Waals surface area (Å²) in [4.78, 5) is 28.5. The number of anilines is 1. The van der Waals surface area contributed by atoms with Crippen LogP contribution in [0.25, 0.3) is 0 Å². The number of pyridine rings is 1. The molecule has 0 radical (unpaired) electrons. The van der Waals surface area contributed by atoms with Crippen LogP contribution >= 0.6 is 0 Å². The van der Waals surface area contributed by atoms with Crippen molar-refractivity contribution < 1.29 is 37.3 Å². The number of carbonyl (C=O) groups excluding carboxylic acids is 1. The molecule has 27 heavy (non-hydrogen) atoms. The number of carboxylic acids is 1. The Bertz CT molecular complexity index is 707. The second-order valence-electron chi connectivity index (χ2n) is 4.84. The van der Waals surface area contributed by atoms with Crippen molar-refractivity contribution in [1.82, 2.24) is 4.98 Å². The number of aromatic nitrogens is 1. The van der Waals surface area contributed by atoms with E-state index in [9.17, 15) is 22.8 Å². The molecule has 9 nitrogen and oxygen atoms in total. The molecule has 0 atom stereocenters. The number of halogens is 3. The Balaban J connectivity index is 2.38. The Hall–Kier alpha value is -3.31. The second kappa shape index (κ2) is 10.6. The van der Waals surface area contributed by atoms with Gasteiger partial charge in [0.05, 0.1) is 13.2 Å². The van der Waals surface area contributed by atoms with Crippen LogP contribution in [0, 0.1) is 0 Å². The molecular weight excluding hydrogens is 373 g/mol. The van der Waals surface area contributed by atoms with Gasteiger partial charge in [-0.15, -0.1) is 0 Å². The van der Waals surface area contributed by atoms with E-state index < -0.39 is 30.6 Å². The molecule has 1 aromatic rings. The summed E-state index contributed by atoms with van der Waals surface area (Å²) in [5.74, 6) is -2.20. The number of esters is 1. The average molecular weight is 390 g/mol. The standard InChI is InChI=1S/C15H17F3N4O5/c16-15(17,18)9-20-14(19)22-10-3-1-4-11(21-10)26-7-2-8-27-13(25)6-5-12(23)24/h1,3-6H,2,7-9H2,(H,23,24)(H3,19,20,21,22)/b6-5-. The number of aliphatic carboxylic acids is 1. The van der Waals surface area contributed by atoms with Gasteiger partial charge in [0.1, 0.15) is 12.4 Å². The number of aliphatic imine (C=N–C) groups is 1. The minimum Gasteiger partial charge on any atom is -0.478 e. The smallest absolute Gasteiger partial charge is 0.408 e. The second-order valence-corrected chi connectivity index (χ2v) is 4.84. The van der Waals surface area contributed by atoms with Crippen LogP contribution in [0.3, 0.4) is 0 Å². The summed E-state index contributed by atoms with van der Waals surface area (Å²) in [7, 11) is 0. The maximum absolute atomic E-state index is 12.1. The number of guanidine groups is 1. The molecule has 0 aliphatic heterocycles. The van der Waals surface area contributed by atoms with Crippen molar-refractivity contribution >= 4 is 23.7 Å². The molecule has 0 saturated carbocycles. The van der Waals surface area contributed by atoms with Gasteiger partial charge in [0.15, 0.2) is 5.96 Å². The summed E-state index contributed by atoms with van der Waals surface area (Å²) in [6.07, 6.45) is -2.71. The minimum absolute atomic E-state index is 0.00220. The number of carbonyl (C=O) groups is 2. The predicted octanol–water partition coefficient (Wildman–Crippen LogP) is 1.32. The van der Waals surface area contributed by atoms with Crippen LogP contribution < -0.4 is 15.8 Å². The zero-order chi connectivity index (χ0) is 20.3. The summed E-state index contributed by atoms with van der Waals surface area (Å²) >= 11 is 0. The largest absolute Gasteiger partial charge is 0.478 e. The van der Waals surface area contributed by atoms with Crippen LogP contribution in [0.4, 0.5) is 19.0 Å². The highest BCUT2D eigenvalue weighted by Crippen LogP contribution is 2.15. The fourth-order valence-electron chi connectivity index (χ4n) is 1.51. The minimum atomic E-state index is -4.46. The quantitative estimate of drug-likeness (QED) is 0.189. The average Bonchev–Trinajstić information content (AvgIpc) is 2.57. The molecule has 148 valence electrons. The number of rotatable bonds is 9. The van der Waals surface area contributed by atoms with Gasteiger partial charge >= 0.3 is 18.1 Å². The summed E-state index contributed by atoms with van der Waals surface area (Å²) in [5.41, 5.74) is 5.34. The first-order valence-corrected chi connectivity index (χ1v) is 7.47. The molecule has 0 aliphatic rings. The fourth-order valence-corrected chi connectivity index (χ4v) is 1.51. The maximum Gasteiger partial charge on any atom is 0.408 e. The van der Waals surface area contributed by atoms with E-state index in [0.29, 0.717) is 12.5 Å². The Morgan fingerprint density at radius 2 is 2.04 bits per heavy atom. The van der Waals surface area contributed by atoms with Crippen LogP contribution in [0.5, 0.6) is 5.88 Å². The molecule has 0 amide bonds. The van der Waals surface area contributed by atoms with Crippen molar-refractivity contribution in [3.05, 3.63) is 30.4 Å². The Labute approximate surface area is 151 Å². The lowest BCUT2D eigenvalue weighted by Crippen LogP contribution is -2.26. The van der Waals surface area contributed by atoms with Gasteiger partial charge in [0.25, 0.3) is 0 Å². The van der Waals surface area contributed by atoms with Gasteiger partial charge in [-0.25, -0.2) is 14.6 Å². The van der Waals surface area contributed by atoms with E-state index in [1.807, 2.05) is 0 Å². The highest BCUT2D eigenvalue weighted by atomic mass is 19.4. The Morgan fingerprint density at radius 1 is 1.30 bits per heavy atom. The van der Waals surface area contributed by atoms with E-state index >= 15 is 0 Å². The van der Waals surface area contributed by atoms with Crippen molar-refractivity contribution in [1.29, 1.82) is 0 Å². The molecule has 4 N–H and O–H groups in total. The van der Waals surface area contributed by atoms with E-state index in [2.05, 4.69) is 15.3 Å². The van der Waals surface area contributed by atoms with Gasteiger partial charge in [0.2, 0.25) is 5.88 Å². The number of alkyl halides is 3. The Kier molecular flexibility index (Phi) is 8.56. The van der Waals surface area contributed by atoms with Crippen molar-refractivity contribution in [3.63, 3.8) is 0 Å². The SMILES string of the molecule is NC(=NCC(F)(F)F)Nc1cccc(OCCCOC(=O)/C=C\C(=O)O)n1. The molecule has 0 saturated heterocycles. The highest BCUT2D eigenvalue weighted by molar-refractivity contribution is 5.91. The number of hydrogen-bond acceptors (Lipinski definition) is 6. The van der Waals surface area contributed by atoms with Crippen LogP contribution in [0.15, 0.2) is 35.3 Å². The van der Waals surface area contributed by atoms with E-state index in [-0.39, 0.29) is 24.9 Å². The third-order valence-corrected chi connectivity index (χ3v) is 2.55. The van der Waals surface area contributed by atoms with Crippen LogP contribution in [-0.2, 0) is 14.3 Å². The molecule has 1 aromatic heterocycles. The van der Waals surface area contributed by atoms with Gasteiger partial charge in [0, 0.05) is 24.6 Å². The molecule has 0 bridgehead atoms. The molecule has 0 unspecified atom stereocenters. The van der Waals surface area contributed by atoms with E-state index in [4.69, 9.17) is 20.3 Å². The molecule has 0 fully saturated rings. The van der Waals surface area contributed by atoms with Crippen LogP contribution in [0.1, 0.15) is 6.42 Å². The fraction of sp³-hybridized carbons (Fsp3) is 0.333. The third-order valence-electron chi connectivity index (χ3n) is 2.55. The lowest BCUT2D eigenvalue weighted by molar-refractivity contribution is -0.139. The van der Waals surface area contributed by atoms with Crippen molar-refractivity contribution in [2.75, 3.05) is 25.1 Å². The van der Waals surface area contributed by atoms with Crippen molar-refractivity contribution in [2.24, 2.45) is 10.7 Å². The maximum atomic E-state index is 12.1. The molecule has 12 heteroatoms. The van der Waals surface area contributed by atoms with E-state index in [1.165, 1.54) is 12.1 Å². The summed E-state index contributed by atoms with van der Waals surface area (Å²) in [5, 5.41) is 10.8. The van der Waals surface area contributed by atoms with E-state index in [0.717, 1.165) is 6.08 Å². The van der Waals surface area contributed by atoms with Gasteiger partial charge in [-0.2, -0.15) is 18.2 Å². The number of carboxylic acid groups (broad SMARTS) is 1. The number of nitrogens with zero attached hydrogens (tertiary/aromatic N) is 2. The van der Waals surface area contributed by atoms with Gasteiger partial charge < -0.3 is 25.6 Å². The first kappa shape index (κ1) is 21.7. The van der Waals surface area contributed by atoms with Crippen LogP contribution in [-0.4, -0.2) is 53.9 Å². The third kappa shape index (κ3) is 11.0. The lowest BCUT2D eigenvalue weighted by Gasteiger charge is -2.09. The number of ether oxygens (including phenoxy) is 2. The van der Waals surface area contributed by atoms with Crippen LogP contribution in [0.2, 0.25) is 0 Å². The first-order valence-electron chi connectivity index (χ1n) is 7.47. The molecular formula is C15H17F3N4O5. The summed E-state index contributed by atoms with van der Waals surface area (Å²) in [6, 6.07) is 4.51. The number of nitrogens with one attached hydrogen (secondary N) is 1. The monoisotopic (exact) mass is 390 g/mol. The predicted molar refractivity (Wildman–Crippen MR) is 88.3 cm³/mol. The van der Waals surface area contributed by atoms with Crippen molar-refractivity contribution in [3.8, 4) is 5.88 Å². The van der Waals surface area contributed by atoms with Gasteiger partial charge in [-0.3, -0.25) is 0 Å². The Morgan fingerprint density at radius 3 is 2.70 bits per heavy atom. The topological polar surface area (TPSA) is 136 Å². The molecule has 0 spiro atoms. The summed E-state index contributed by atoms with van der Waals surface area (Å²) in [6.45, 7) is -1.29. The number of hydrogen-bond donors (Lipinski definition) is 3. The van der Waals surface area contributed by atoms with E-state index in [1.54, 1.807) is 6.07 Å². The zero-order valence-corrected chi connectivity index (χ0v) is 13.9. The lowest BCUT2D eigenvalue weighted by atomic mass is 10.4. The van der Waals surface area contributed by atoms with Crippen molar-refractivity contribution in [2.45, 2.75) is 12.6 Å². The number of nitrogens with two attached hydrogens (primary N) is 1. The zero-order valence-electron chi connectivity index (χ0n) is 13.9. The first-order chi connectivity index (χ1) is 12.7. The summed E-state index contributed by atoms with van der Waals surface area (Å²) < 4.78 is 46.2.